The molecule has 90 valence electrons. The van der Waals surface area contributed by atoms with Crippen LogP contribution in [0.5, 0.6) is 0 Å². The van der Waals surface area contributed by atoms with Crippen LogP contribution in [0.4, 0.5) is 4.79 Å². The van der Waals surface area contributed by atoms with Gasteiger partial charge in [-0.15, -0.1) is 0 Å². The molecule has 0 fully saturated rings. The lowest BCUT2D eigenvalue weighted by Gasteiger charge is -2.25. The van der Waals surface area contributed by atoms with Crippen molar-refractivity contribution in [2.45, 2.75) is 46.6 Å². The van der Waals surface area contributed by atoms with Gasteiger partial charge in [-0.25, -0.2) is 4.79 Å². The molecule has 0 unspecified atom stereocenters. The monoisotopic (exact) mass is 279 g/mol. The normalized spacial score (nSPS) is 12.4. The fraction of sp³-hybridized carbons (Fsp3) is 0.909. The highest BCUT2D eigenvalue weighted by atomic mass is 79.9. The Labute approximate surface area is 101 Å². The summed E-state index contributed by atoms with van der Waals surface area (Å²) in [6.45, 7) is 10.4. The van der Waals surface area contributed by atoms with Crippen molar-refractivity contribution < 1.29 is 9.53 Å². The number of halogens is 1. The van der Waals surface area contributed by atoms with Crippen molar-refractivity contribution in [3.63, 3.8) is 0 Å². The molecule has 4 heteroatoms. The maximum absolute atomic E-state index is 11.4. The number of alkyl halides is 1. The second-order valence-electron chi connectivity index (χ2n) is 5.46. The van der Waals surface area contributed by atoms with Gasteiger partial charge in [0.15, 0.2) is 0 Å². The third kappa shape index (κ3) is 8.73. The summed E-state index contributed by atoms with van der Waals surface area (Å²) in [5, 5.41) is 3.72. The first-order valence-corrected chi connectivity index (χ1v) is 6.31. The molecule has 0 aliphatic rings. The van der Waals surface area contributed by atoms with E-state index < -0.39 is 5.60 Å². The second-order valence-corrected chi connectivity index (χ2v) is 6.25. The fourth-order valence-electron chi connectivity index (χ4n) is 0.970. The zero-order valence-electron chi connectivity index (χ0n) is 10.3. The summed E-state index contributed by atoms with van der Waals surface area (Å²) < 4.78 is 5.15. The molecule has 0 atom stereocenters. The highest BCUT2D eigenvalue weighted by Gasteiger charge is 2.20. The average molecular weight is 280 g/mol. The lowest BCUT2D eigenvalue weighted by Crippen LogP contribution is -2.38. The van der Waals surface area contributed by atoms with Gasteiger partial charge in [-0.3, -0.25) is 0 Å². The molecule has 0 aliphatic heterocycles. The van der Waals surface area contributed by atoms with Gasteiger partial charge in [0.25, 0.3) is 0 Å². The number of rotatable bonds is 4. The Morgan fingerprint density at radius 1 is 1.27 bits per heavy atom. The Morgan fingerprint density at radius 2 is 1.80 bits per heavy atom. The summed E-state index contributed by atoms with van der Waals surface area (Å²) in [4.78, 5) is 11.4. The second kappa shape index (κ2) is 5.73. The van der Waals surface area contributed by atoms with Crippen molar-refractivity contribution in [3.05, 3.63) is 0 Å². The fourth-order valence-corrected chi connectivity index (χ4v) is 2.04. The summed E-state index contributed by atoms with van der Waals surface area (Å²) in [7, 11) is 0. The quantitative estimate of drug-likeness (QED) is 0.802. The summed E-state index contributed by atoms with van der Waals surface area (Å²) in [6, 6.07) is 0. The van der Waals surface area contributed by atoms with Gasteiger partial charge in [0, 0.05) is 11.9 Å². The Morgan fingerprint density at radius 3 is 2.20 bits per heavy atom. The van der Waals surface area contributed by atoms with E-state index in [1.807, 2.05) is 20.8 Å². The summed E-state index contributed by atoms with van der Waals surface area (Å²) in [6.07, 6.45) is 0.674. The van der Waals surface area contributed by atoms with E-state index in [0.717, 1.165) is 11.8 Å². The summed E-state index contributed by atoms with van der Waals surface area (Å²) in [5.41, 5.74) is -0.329. The van der Waals surface area contributed by atoms with Crippen LogP contribution in [0.25, 0.3) is 0 Å². The van der Waals surface area contributed by atoms with Crippen molar-refractivity contribution in [3.8, 4) is 0 Å². The van der Waals surface area contributed by atoms with Crippen LogP contribution in [0.3, 0.4) is 0 Å². The number of hydrogen-bond donors (Lipinski definition) is 1. The highest BCUT2D eigenvalue weighted by Crippen LogP contribution is 2.20. The minimum Gasteiger partial charge on any atom is -0.444 e. The van der Waals surface area contributed by atoms with E-state index in [9.17, 15) is 4.79 Å². The van der Waals surface area contributed by atoms with Crippen molar-refractivity contribution in [1.29, 1.82) is 0 Å². The van der Waals surface area contributed by atoms with E-state index in [0.29, 0.717) is 6.54 Å². The molecule has 1 amide bonds. The third-order valence-corrected chi connectivity index (χ3v) is 2.28. The van der Waals surface area contributed by atoms with Gasteiger partial charge in [-0.1, -0.05) is 29.8 Å². The van der Waals surface area contributed by atoms with Gasteiger partial charge in [-0.2, -0.15) is 0 Å². The number of nitrogens with one attached hydrogen (secondary N) is 1. The van der Waals surface area contributed by atoms with Crippen molar-refractivity contribution in [2.24, 2.45) is 5.41 Å². The molecule has 0 rings (SSSR count). The van der Waals surface area contributed by atoms with E-state index in [2.05, 4.69) is 35.1 Å². The maximum atomic E-state index is 11.4. The van der Waals surface area contributed by atoms with Crippen LogP contribution in [-0.4, -0.2) is 23.6 Å². The third-order valence-electron chi connectivity index (χ3n) is 1.88. The van der Waals surface area contributed by atoms with Crippen LogP contribution >= 0.6 is 15.9 Å². The topological polar surface area (TPSA) is 38.3 Å². The van der Waals surface area contributed by atoms with Crippen LogP contribution in [0.2, 0.25) is 0 Å². The van der Waals surface area contributed by atoms with Gasteiger partial charge < -0.3 is 10.1 Å². The van der Waals surface area contributed by atoms with E-state index in [1.165, 1.54) is 0 Å². The van der Waals surface area contributed by atoms with Crippen molar-refractivity contribution >= 4 is 22.0 Å². The van der Waals surface area contributed by atoms with E-state index in [1.54, 1.807) is 0 Å². The number of carbonyl (C=O) groups is 1. The molecule has 0 bridgehead atoms. The molecular weight excluding hydrogens is 258 g/mol. The number of amides is 1. The number of carbonyl (C=O) groups excluding carboxylic acids is 1. The number of alkyl carbamates (subject to hydrolysis) is 1. The predicted molar refractivity (Wildman–Crippen MR) is 66.4 cm³/mol. The SMILES string of the molecule is CC(C)(CCBr)CNC(=O)OC(C)(C)C. The molecule has 15 heavy (non-hydrogen) atoms. The summed E-state index contributed by atoms with van der Waals surface area (Å²) >= 11 is 3.40. The minimum absolute atomic E-state index is 0.0976. The Hall–Kier alpha value is -0.250. The van der Waals surface area contributed by atoms with E-state index in [4.69, 9.17) is 4.74 Å². The zero-order chi connectivity index (χ0) is 12.1. The first kappa shape index (κ1) is 14.8. The molecule has 0 radical (unpaired) electrons. The maximum Gasteiger partial charge on any atom is 0.407 e. The molecular formula is C11H22BrNO2. The molecule has 0 aliphatic carbocycles. The van der Waals surface area contributed by atoms with Crippen LogP contribution in [-0.2, 0) is 4.74 Å². The van der Waals surface area contributed by atoms with Crippen LogP contribution < -0.4 is 5.32 Å². The Balaban J connectivity index is 3.90. The molecule has 0 saturated heterocycles. The summed E-state index contributed by atoms with van der Waals surface area (Å²) in [5.74, 6) is 0. The first-order chi connectivity index (χ1) is 6.66. The van der Waals surface area contributed by atoms with Crippen LogP contribution in [0, 0.1) is 5.41 Å². The Bertz CT molecular complexity index is 209. The Kier molecular flexibility index (Phi) is 5.63. The smallest absolute Gasteiger partial charge is 0.407 e. The molecule has 1 N–H and O–H groups in total. The number of ether oxygens (including phenoxy) is 1. The van der Waals surface area contributed by atoms with E-state index >= 15 is 0 Å². The largest absolute Gasteiger partial charge is 0.444 e. The van der Waals surface area contributed by atoms with Crippen LogP contribution in [0.1, 0.15) is 41.0 Å². The van der Waals surface area contributed by atoms with Crippen molar-refractivity contribution in [2.75, 3.05) is 11.9 Å². The van der Waals surface area contributed by atoms with Gasteiger partial charge in [0.1, 0.15) is 5.60 Å². The van der Waals surface area contributed by atoms with Gasteiger partial charge in [0.2, 0.25) is 0 Å². The number of hydrogen-bond acceptors (Lipinski definition) is 2. The average Bonchev–Trinajstić information content (AvgIpc) is 1.98. The minimum atomic E-state index is -0.427. The van der Waals surface area contributed by atoms with Gasteiger partial charge in [-0.05, 0) is 32.6 Å². The first-order valence-electron chi connectivity index (χ1n) is 5.19. The zero-order valence-corrected chi connectivity index (χ0v) is 11.9. The molecule has 0 aromatic heterocycles. The van der Waals surface area contributed by atoms with E-state index in [-0.39, 0.29) is 11.5 Å². The predicted octanol–water partition coefficient (Wildman–Crippen LogP) is 3.32. The highest BCUT2D eigenvalue weighted by molar-refractivity contribution is 9.09. The molecule has 0 saturated carbocycles. The standard InChI is InChI=1S/C11H22BrNO2/c1-10(2,3)15-9(14)13-8-11(4,5)6-7-12/h6-8H2,1-5H3,(H,13,14). The van der Waals surface area contributed by atoms with Gasteiger partial charge >= 0.3 is 6.09 Å². The molecule has 3 nitrogen and oxygen atoms in total. The molecule has 0 spiro atoms. The molecule has 0 aromatic carbocycles. The van der Waals surface area contributed by atoms with Crippen LogP contribution in [0.15, 0.2) is 0 Å². The lowest BCUT2D eigenvalue weighted by molar-refractivity contribution is 0.0506. The van der Waals surface area contributed by atoms with Gasteiger partial charge in [0.05, 0.1) is 0 Å². The lowest BCUT2D eigenvalue weighted by atomic mass is 9.90. The molecule has 0 heterocycles. The molecule has 0 aromatic rings. The van der Waals surface area contributed by atoms with Crippen molar-refractivity contribution in [1.82, 2.24) is 5.32 Å².